The molecule has 0 fully saturated rings. The first kappa shape index (κ1) is 12.5. The third-order valence-electron chi connectivity index (χ3n) is 1.90. The molecule has 1 aromatic carbocycles. The Morgan fingerprint density at radius 1 is 1.33 bits per heavy atom. The lowest BCUT2D eigenvalue weighted by atomic mass is 10.1. The molecule has 0 aliphatic carbocycles. The van der Waals surface area contributed by atoms with Crippen molar-refractivity contribution < 1.29 is 12.6 Å². The quantitative estimate of drug-likeness (QED) is 0.770. The summed E-state index contributed by atoms with van der Waals surface area (Å²) in [5, 5.41) is 0.618. The Labute approximate surface area is 95.1 Å². The number of benzene rings is 1. The van der Waals surface area contributed by atoms with E-state index in [2.05, 4.69) is 0 Å². The lowest BCUT2D eigenvalue weighted by Gasteiger charge is -2.14. The molecule has 0 radical (unpaired) electrons. The second-order valence-electron chi connectivity index (χ2n) is 3.25. The first-order valence-electron chi connectivity index (χ1n) is 4.56. The average molecular weight is 249 g/mol. The van der Waals surface area contributed by atoms with Gasteiger partial charge in [-0.3, -0.25) is 4.18 Å². The Hall–Kier alpha value is -0.580. The minimum atomic E-state index is -3.43. The van der Waals surface area contributed by atoms with Gasteiger partial charge in [0, 0.05) is 5.02 Å². The van der Waals surface area contributed by atoms with Gasteiger partial charge in [0.2, 0.25) is 0 Å². The Morgan fingerprint density at radius 3 is 2.27 bits per heavy atom. The summed E-state index contributed by atoms with van der Waals surface area (Å²) in [6.07, 6.45) is 1.21. The van der Waals surface area contributed by atoms with Crippen LogP contribution in [0, 0.1) is 0 Å². The van der Waals surface area contributed by atoms with Crippen molar-refractivity contribution in [2.75, 3.05) is 6.26 Å². The normalized spacial score (nSPS) is 13.8. The fraction of sp³-hybridized carbons (Fsp3) is 0.400. The zero-order chi connectivity index (χ0) is 11.5. The molecule has 0 spiro atoms. The van der Waals surface area contributed by atoms with Crippen molar-refractivity contribution in [2.24, 2.45) is 0 Å². The largest absolute Gasteiger partial charge is 0.264 e. The fourth-order valence-electron chi connectivity index (χ4n) is 1.25. The molecule has 0 bridgehead atoms. The maximum absolute atomic E-state index is 11.0. The van der Waals surface area contributed by atoms with Gasteiger partial charge in [0.05, 0.1) is 6.26 Å². The van der Waals surface area contributed by atoms with E-state index in [9.17, 15) is 8.42 Å². The van der Waals surface area contributed by atoms with Crippen LogP contribution in [0.1, 0.15) is 25.0 Å². The van der Waals surface area contributed by atoms with Crippen LogP contribution < -0.4 is 0 Å². The van der Waals surface area contributed by atoms with E-state index in [1.54, 1.807) is 24.3 Å². The van der Waals surface area contributed by atoms with Crippen LogP contribution in [0.3, 0.4) is 0 Å². The van der Waals surface area contributed by atoms with Gasteiger partial charge in [-0.25, -0.2) is 0 Å². The summed E-state index contributed by atoms with van der Waals surface area (Å²) in [6, 6.07) is 6.96. The van der Waals surface area contributed by atoms with Gasteiger partial charge in [-0.2, -0.15) is 8.42 Å². The Balaban J connectivity index is 2.88. The van der Waals surface area contributed by atoms with Crippen LogP contribution in [-0.2, 0) is 14.3 Å². The molecule has 15 heavy (non-hydrogen) atoms. The molecule has 0 saturated carbocycles. The molecule has 1 atom stereocenters. The molecular weight excluding hydrogens is 236 g/mol. The zero-order valence-electron chi connectivity index (χ0n) is 8.60. The Morgan fingerprint density at radius 2 is 1.87 bits per heavy atom. The summed E-state index contributed by atoms with van der Waals surface area (Å²) in [6.45, 7) is 1.87. The van der Waals surface area contributed by atoms with Crippen molar-refractivity contribution in [3.05, 3.63) is 34.9 Å². The van der Waals surface area contributed by atoms with Crippen molar-refractivity contribution in [1.29, 1.82) is 0 Å². The summed E-state index contributed by atoms with van der Waals surface area (Å²) in [7, 11) is -3.43. The van der Waals surface area contributed by atoms with Gasteiger partial charge in [0.25, 0.3) is 10.1 Å². The van der Waals surface area contributed by atoms with Crippen LogP contribution in [0.15, 0.2) is 24.3 Å². The standard InChI is InChI=1S/C10H13ClO3S/c1-3-10(14-15(2,12)13)8-4-6-9(11)7-5-8/h4-7,10H,3H2,1-2H3. The minimum Gasteiger partial charge on any atom is -0.262 e. The molecule has 5 heteroatoms. The molecule has 1 aromatic rings. The summed E-state index contributed by atoms with van der Waals surface area (Å²) < 4.78 is 26.9. The van der Waals surface area contributed by atoms with E-state index in [0.717, 1.165) is 11.8 Å². The molecule has 0 aromatic heterocycles. The smallest absolute Gasteiger partial charge is 0.262 e. The average Bonchev–Trinajstić information content (AvgIpc) is 2.14. The first-order chi connectivity index (χ1) is 6.92. The molecule has 1 rings (SSSR count). The number of hydrogen-bond donors (Lipinski definition) is 0. The lowest BCUT2D eigenvalue weighted by molar-refractivity contribution is 0.211. The van der Waals surface area contributed by atoms with Gasteiger partial charge in [-0.05, 0) is 24.1 Å². The summed E-state index contributed by atoms with van der Waals surface area (Å²) >= 11 is 5.73. The van der Waals surface area contributed by atoms with E-state index in [0.29, 0.717) is 11.4 Å². The van der Waals surface area contributed by atoms with Crippen LogP contribution in [0.5, 0.6) is 0 Å². The van der Waals surface area contributed by atoms with Gasteiger partial charge in [-0.15, -0.1) is 0 Å². The predicted molar refractivity (Wildman–Crippen MR) is 60.4 cm³/mol. The maximum atomic E-state index is 11.0. The number of halogens is 1. The van der Waals surface area contributed by atoms with Gasteiger partial charge >= 0.3 is 0 Å². The highest BCUT2D eigenvalue weighted by Crippen LogP contribution is 2.24. The molecule has 0 aliphatic rings. The van der Waals surface area contributed by atoms with Crippen LogP contribution >= 0.6 is 11.6 Å². The van der Waals surface area contributed by atoms with E-state index >= 15 is 0 Å². The highest BCUT2D eigenvalue weighted by atomic mass is 35.5. The summed E-state index contributed by atoms with van der Waals surface area (Å²) in [5.41, 5.74) is 0.812. The molecule has 3 nitrogen and oxygen atoms in total. The molecule has 0 N–H and O–H groups in total. The van der Waals surface area contributed by atoms with Crippen molar-refractivity contribution >= 4 is 21.7 Å². The molecular formula is C10H13ClO3S. The van der Waals surface area contributed by atoms with Crippen LogP contribution in [0.2, 0.25) is 5.02 Å². The fourth-order valence-corrected chi connectivity index (χ4v) is 2.04. The zero-order valence-corrected chi connectivity index (χ0v) is 10.2. The highest BCUT2D eigenvalue weighted by Gasteiger charge is 2.15. The van der Waals surface area contributed by atoms with Crippen LogP contribution in [0.25, 0.3) is 0 Å². The Kier molecular flexibility index (Phi) is 4.13. The maximum Gasteiger partial charge on any atom is 0.264 e. The van der Waals surface area contributed by atoms with E-state index in [-0.39, 0.29) is 0 Å². The lowest BCUT2D eigenvalue weighted by Crippen LogP contribution is -2.09. The second kappa shape index (κ2) is 4.96. The van der Waals surface area contributed by atoms with E-state index in [1.807, 2.05) is 6.92 Å². The van der Waals surface area contributed by atoms with E-state index in [1.165, 1.54) is 0 Å². The van der Waals surface area contributed by atoms with Gasteiger partial charge in [0.15, 0.2) is 0 Å². The molecule has 0 heterocycles. The van der Waals surface area contributed by atoms with Crippen molar-refractivity contribution in [3.63, 3.8) is 0 Å². The van der Waals surface area contributed by atoms with Gasteiger partial charge < -0.3 is 0 Å². The first-order valence-corrected chi connectivity index (χ1v) is 6.75. The molecule has 0 amide bonds. The Bertz CT molecular complexity index is 411. The van der Waals surface area contributed by atoms with Crippen LogP contribution in [0.4, 0.5) is 0 Å². The molecule has 0 saturated heterocycles. The summed E-state index contributed by atoms with van der Waals surface area (Å²) in [4.78, 5) is 0. The van der Waals surface area contributed by atoms with Gasteiger partial charge in [-0.1, -0.05) is 30.7 Å². The third-order valence-corrected chi connectivity index (χ3v) is 2.74. The second-order valence-corrected chi connectivity index (χ2v) is 5.29. The molecule has 84 valence electrons. The predicted octanol–water partition coefficient (Wildman–Crippen LogP) is 2.77. The topological polar surface area (TPSA) is 43.4 Å². The van der Waals surface area contributed by atoms with Crippen molar-refractivity contribution in [3.8, 4) is 0 Å². The number of rotatable bonds is 4. The SMILES string of the molecule is CCC(OS(C)(=O)=O)c1ccc(Cl)cc1. The third kappa shape index (κ3) is 4.20. The molecule has 0 aliphatic heterocycles. The number of hydrogen-bond acceptors (Lipinski definition) is 3. The van der Waals surface area contributed by atoms with E-state index in [4.69, 9.17) is 15.8 Å². The van der Waals surface area contributed by atoms with Crippen LogP contribution in [-0.4, -0.2) is 14.7 Å². The highest BCUT2D eigenvalue weighted by molar-refractivity contribution is 7.86. The monoisotopic (exact) mass is 248 g/mol. The van der Waals surface area contributed by atoms with Gasteiger partial charge in [0.1, 0.15) is 6.10 Å². The van der Waals surface area contributed by atoms with Crippen molar-refractivity contribution in [2.45, 2.75) is 19.4 Å². The molecule has 1 unspecified atom stereocenters. The van der Waals surface area contributed by atoms with Crippen molar-refractivity contribution in [1.82, 2.24) is 0 Å². The summed E-state index contributed by atoms with van der Waals surface area (Å²) in [5.74, 6) is 0. The van der Waals surface area contributed by atoms with E-state index < -0.39 is 16.2 Å². The minimum absolute atomic E-state index is 0.433.